The van der Waals surface area contributed by atoms with Crippen LogP contribution in [-0.4, -0.2) is 19.7 Å². The molecule has 1 heterocycles. The normalized spacial score (nSPS) is 12.9. The summed E-state index contributed by atoms with van der Waals surface area (Å²) < 4.78 is 5.81. The van der Waals surface area contributed by atoms with E-state index in [0.717, 1.165) is 43.2 Å². The minimum Gasteiger partial charge on any atom is -0.494 e. The first-order valence-corrected chi connectivity index (χ1v) is 8.65. The number of unbranched alkanes of at least 4 members (excludes halogenated alkanes) is 3. The van der Waals surface area contributed by atoms with Gasteiger partial charge in [0.2, 0.25) is 0 Å². The minimum absolute atomic E-state index is 0.809. The molecule has 0 aliphatic carbocycles. The Hall–Kier alpha value is -2.16. The first-order chi connectivity index (χ1) is 11.4. The molecule has 0 bridgehead atoms. The van der Waals surface area contributed by atoms with E-state index in [1.54, 1.807) is 0 Å². The Balaban J connectivity index is 1.60. The minimum atomic E-state index is 0.809. The molecule has 1 radical (unpaired) electrons. The van der Waals surface area contributed by atoms with Crippen LogP contribution in [0.3, 0.4) is 0 Å². The number of rotatable bonds is 7. The van der Waals surface area contributed by atoms with Crippen LogP contribution in [0, 0.1) is 0 Å². The molecule has 0 saturated carbocycles. The van der Waals surface area contributed by atoms with Crippen molar-refractivity contribution in [1.82, 2.24) is 5.32 Å². The molecule has 0 atom stereocenters. The summed E-state index contributed by atoms with van der Waals surface area (Å²) in [6.45, 7) is 4.81. The summed E-state index contributed by atoms with van der Waals surface area (Å²) in [5.74, 6) is 0.955. The van der Waals surface area contributed by atoms with E-state index in [1.807, 2.05) is 0 Å². The molecular formula is C20H25N2O. The molecule has 0 unspecified atom stereocenters. The van der Waals surface area contributed by atoms with E-state index >= 15 is 0 Å². The molecule has 3 nitrogen and oxygen atoms in total. The van der Waals surface area contributed by atoms with Crippen LogP contribution in [0.4, 0.5) is 11.4 Å². The predicted molar refractivity (Wildman–Crippen MR) is 96.7 cm³/mol. The summed E-state index contributed by atoms with van der Waals surface area (Å²) in [5.41, 5.74) is 4.61. The van der Waals surface area contributed by atoms with Gasteiger partial charge in [-0.2, -0.15) is 0 Å². The van der Waals surface area contributed by atoms with Gasteiger partial charge in [-0.25, -0.2) is 0 Å². The lowest BCUT2D eigenvalue weighted by Gasteiger charge is -2.18. The molecule has 0 amide bonds. The Morgan fingerprint density at radius 3 is 2.65 bits per heavy atom. The van der Waals surface area contributed by atoms with Gasteiger partial charge >= 0.3 is 0 Å². The number of ether oxygens (including phenoxy) is 1. The lowest BCUT2D eigenvalue weighted by atomic mass is 10.0. The van der Waals surface area contributed by atoms with E-state index in [1.165, 1.54) is 30.4 Å². The van der Waals surface area contributed by atoms with Gasteiger partial charge in [0.05, 0.1) is 24.5 Å². The van der Waals surface area contributed by atoms with Gasteiger partial charge in [-0.05, 0) is 41.8 Å². The largest absolute Gasteiger partial charge is 0.494 e. The summed E-state index contributed by atoms with van der Waals surface area (Å²) in [4.78, 5) is 0. The number of nitrogens with zero attached hydrogens (tertiary/aromatic N) is 1. The van der Waals surface area contributed by atoms with E-state index in [0.29, 0.717) is 0 Å². The van der Waals surface area contributed by atoms with Crippen LogP contribution < -0.4 is 15.4 Å². The fourth-order valence-electron chi connectivity index (χ4n) is 2.82. The molecular weight excluding hydrogens is 284 g/mol. The second kappa shape index (κ2) is 7.91. The van der Waals surface area contributed by atoms with Crippen molar-refractivity contribution in [3.63, 3.8) is 0 Å². The number of fused-ring (bicyclic) bond motifs is 1. The van der Waals surface area contributed by atoms with Crippen LogP contribution in [0.2, 0.25) is 0 Å². The first kappa shape index (κ1) is 15.7. The Morgan fingerprint density at radius 2 is 1.83 bits per heavy atom. The van der Waals surface area contributed by atoms with Crippen molar-refractivity contribution in [2.45, 2.75) is 32.6 Å². The second-order valence-electron chi connectivity index (χ2n) is 5.97. The molecule has 3 rings (SSSR count). The maximum atomic E-state index is 5.81. The van der Waals surface area contributed by atoms with Crippen LogP contribution in [0.25, 0.3) is 11.1 Å². The predicted octanol–water partition coefficient (Wildman–Crippen LogP) is 4.97. The van der Waals surface area contributed by atoms with Crippen LogP contribution in [0.1, 0.15) is 32.6 Å². The molecule has 0 saturated heterocycles. The highest BCUT2D eigenvalue weighted by atomic mass is 16.5. The van der Waals surface area contributed by atoms with Gasteiger partial charge < -0.3 is 10.1 Å². The zero-order valence-corrected chi connectivity index (χ0v) is 13.8. The van der Waals surface area contributed by atoms with Crippen molar-refractivity contribution in [3.8, 4) is 16.9 Å². The van der Waals surface area contributed by atoms with E-state index in [4.69, 9.17) is 4.74 Å². The molecule has 0 aromatic heterocycles. The third-order valence-electron chi connectivity index (χ3n) is 4.16. The topological polar surface area (TPSA) is 35.4 Å². The molecule has 1 N–H and O–H groups in total. The summed E-state index contributed by atoms with van der Waals surface area (Å²) in [5, 5.41) is 7.92. The highest BCUT2D eigenvalue weighted by molar-refractivity contribution is 5.76. The fourth-order valence-corrected chi connectivity index (χ4v) is 2.82. The highest BCUT2D eigenvalue weighted by Crippen LogP contribution is 2.31. The molecule has 1 aliphatic rings. The van der Waals surface area contributed by atoms with Gasteiger partial charge in [-0.15, -0.1) is 0 Å². The van der Waals surface area contributed by atoms with Crippen molar-refractivity contribution in [1.29, 1.82) is 0 Å². The summed E-state index contributed by atoms with van der Waals surface area (Å²) in [7, 11) is 0. The summed E-state index contributed by atoms with van der Waals surface area (Å²) in [6, 6.07) is 14.8. The molecule has 3 heteroatoms. The Kier molecular flexibility index (Phi) is 5.41. The zero-order valence-electron chi connectivity index (χ0n) is 13.8. The smallest absolute Gasteiger partial charge is 0.119 e. The van der Waals surface area contributed by atoms with E-state index in [9.17, 15) is 0 Å². The monoisotopic (exact) mass is 309 g/mol. The van der Waals surface area contributed by atoms with Crippen molar-refractivity contribution in [3.05, 3.63) is 42.5 Å². The van der Waals surface area contributed by atoms with Crippen molar-refractivity contribution in [2.24, 2.45) is 0 Å². The first-order valence-electron chi connectivity index (χ1n) is 8.65. The van der Waals surface area contributed by atoms with Crippen LogP contribution in [0.15, 0.2) is 42.5 Å². The van der Waals surface area contributed by atoms with Gasteiger partial charge in [-0.1, -0.05) is 44.4 Å². The van der Waals surface area contributed by atoms with Crippen LogP contribution >= 0.6 is 0 Å². The van der Waals surface area contributed by atoms with Crippen LogP contribution in [-0.2, 0) is 0 Å². The van der Waals surface area contributed by atoms with Crippen molar-refractivity contribution in [2.75, 3.05) is 25.0 Å². The Bertz CT molecular complexity index is 622. The molecule has 0 fully saturated rings. The summed E-state index contributed by atoms with van der Waals surface area (Å²) >= 11 is 0. The Labute approximate surface area is 139 Å². The Morgan fingerprint density at radius 1 is 1.00 bits per heavy atom. The van der Waals surface area contributed by atoms with Gasteiger partial charge in [-0.3, -0.25) is 5.32 Å². The average Bonchev–Trinajstić information content (AvgIpc) is 2.62. The second-order valence-corrected chi connectivity index (χ2v) is 5.97. The van der Waals surface area contributed by atoms with E-state index in [-0.39, 0.29) is 0 Å². The average molecular weight is 309 g/mol. The zero-order chi connectivity index (χ0) is 15.9. The molecule has 2 aromatic rings. The number of anilines is 1. The molecule has 1 aliphatic heterocycles. The number of hydrogen-bond acceptors (Lipinski definition) is 2. The van der Waals surface area contributed by atoms with Gasteiger partial charge in [0.15, 0.2) is 0 Å². The number of hydrogen-bond donors (Lipinski definition) is 1. The maximum Gasteiger partial charge on any atom is 0.119 e. The molecule has 23 heavy (non-hydrogen) atoms. The fraction of sp³-hybridized carbons (Fsp3) is 0.400. The van der Waals surface area contributed by atoms with E-state index in [2.05, 4.69) is 60.0 Å². The van der Waals surface area contributed by atoms with Gasteiger partial charge in [0.25, 0.3) is 0 Å². The van der Waals surface area contributed by atoms with Crippen molar-refractivity contribution < 1.29 is 4.74 Å². The van der Waals surface area contributed by atoms with Gasteiger partial charge in [0.1, 0.15) is 5.75 Å². The highest BCUT2D eigenvalue weighted by Gasteiger charge is 2.10. The molecule has 0 spiro atoms. The lowest BCUT2D eigenvalue weighted by Crippen LogP contribution is -2.19. The van der Waals surface area contributed by atoms with Crippen LogP contribution in [0.5, 0.6) is 5.75 Å². The standard InChI is InChI=1S/C20H25N2O/c1-2-3-4-5-14-23-18-9-6-16(7-10-18)17-8-11-19-20(15-17)22-13-12-21-19/h6-11,15,22H,2-5,12-14H2,1H3. The maximum absolute atomic E-state index is 5.81. The van der Waals surface area contributed by atoms with E-state index < -0.39 is 0 Å². The van der Waals surface area contributed by atoms with Gasteiger partial charge in [0, 0.05) is 6.54 Å². The molecule has 2 aromatic carbocycles. The SMILES string of the molecule is CCCCCCOc1ccc(-c2ccc3c(c2)NCC[N]3)cc1. The molecule has 121 valence electrons. The van der Waals surface area contributed by atoms with Crippen molar-refractivity contribution >= 4 is 11.4 Å². The third-order valence-corrected chi connectivity index (χ3v) is 4.16. The number of benzene rings is 2. The summed E-state index contributed by atoms with van der Waals surface area (Å²) in [6.07, 6.45) is 4.94. The third kappa shape index (κ3) is 4.19. The quantitative estimate of drug-likeness (QED) is 0.733. The number of nitrogens with one attached hydrogen (secondary N) is 1. The lowest BCUT2D eigenvalue weighted by molar-refractivity contribution is 0.305.